The quantitative estimate of drug-likeness (QED) is 0.592. The third kappa shape index (κ3) is 4.23. The molecule has 0 radical (unpaired) electrons. The number of hydrogen-bond donors (Lipinski definition) is 0. The molecule has 0 aromatic heterocycles. The topological polar surface area (TPSA) is 26.3 Å². The highest BCUT2D eigenvalue weighted by atomic mass is 16.5. The molecule has 0 N–H and O–H groups in total. The van der Waals surface area contributed by atoms with E-state index in [0.717, 1.165) is 23.1 Å². The molecule has 2 rings (SSSR count). The summed E-state index contributed by atoms with van der Waals surface area (Å²) in [7, 11) is 0. The lowest BCUT2D eigenvalue weighted by atomic mass is 9.97. The van der Waals surface area contributed by atoms with Crippen LogP contribution in [0.2, 0.25) is 0 Å². The van der Waals surface area contributed by atoms with Crippen molar-refractivity contribution in [1.82, 2.24) is 0 Å². The Kier molecular flexibility index (Phi) is 5.80. The van der Waals surface area contributed by atoms with Crippen LogP contribution in [0, 0.1) is 12.3 Å². The van der Waals surface area contributed by atoms with Gasteiger partial charge < -0.3 is 4.74 Å². The molecule has 0 aliphatic heterocycles. The normalized spacial score (nSPS) is 11.5. The fourth-order valence-corrected chi connectivity index (χ4v) is 2.35. The molecule has 0 saturated carbocycles. The lowest BCUT2D eigenvalue weighted by Crippen LogP contribution is -2.15. The molecule has 0 bridgehead atoms. The van der Waals surface area contributed by atoms with Crippen LogP contribution in [0.3, 0.4) is 0 Å². The first-order valence-corrected chi connectivity index (χ1v) is 7.47. The maximum Gasteiger partial charge on any atom is 0.313 e. The molecular weight excluding hydrogens is 272 g/mol. The van der Waals surface area contributed by atoms with E-state index in [9.17, 15) is 4.79 Å². The zero-order chi connectivity index (χ0) is 15.8. The Morgan fingerprint density at radius 3 is 2.32 bits per heavy atom. The minimum Gasteiger partial charge on any atom is -0.460 e. The van der Waals surface area contributed by atoms with Crippen LogP contribution >= 0.6 is 0 Å². The van der Waals surface area contributed by atoms with Crippen LogP contribution in [-0.4, -0.2) is 5.97 Å². The first-order valence-electron chi connectivity index (χ1n) is 7.47. The van der Waals surface area contributed by atoms with Crippen molar-refractivity contribution in [2.75, 3.05) is 0 Å². The summed E-state index contributed by atoms with van der Waals surface area (Å²) in [6, 6.07) is 17.6. The van der Waals surface area contributed by atoms with E-state index in [4.69, 9.17) is 11.2 Å². The second-order valence-electron chi connectivity index (χ2n) is 5.18. The zero-order valence-corrected chi connectivity index (χ0v) is 12.8. The average Bonchev–Trinajstić information content (AvgIpc) is 2.56. The smallest absolute Gasteiger partial charge is 0.313 e. The third-order valence-electron chi connectivity index (χ3n) is 3.60. The van der Waals surface area contributed by atoms with Crippen LogP contribution in [0.5, 0.6) is 0 Å². The molecule has 22 heavy (non-hydrogen) atoms. The van der Waals surface area contributed by atoms with Gasteiger partial charge in [-0.15, -0.1) is 12.3 Å². The summed E-state index contributed by atoms with van der Waals surface area (Å²) >= 11 is 0. The molecule has 0 spiro atoms. The third-order valence-corrected chi connectivity index (χ3v) is 3.60. The summed E-state index contributed by atoms with van der Waals surface area (Å²) in [5.74, 6) is 2.22. The Balaban J connectivity index is 1.95. The number of esters is 1. The molecular formula is C20H20O2. The molecule has 2 heteroatoms. The van der Waals surface area contributed by atoms with Gasteiger partial charge in [0.2, 0.25) is 0 Å². The maximum atomic E-state index is 12.3. The maximum absolute atomic E-state index is 12.3. The summed E-state index contributed by atoms with van der Waals surface area (Å²) in [5, 5.41) is 0. The molecule has 2 aromatic rings. The van der Waals surface area contributed by atoms with Crippen molar-refractivity contribution in [2.45, 2.75) is 32.3 Å². The highest BCUT2D eigenvalue weighted by Gasteiger charge is 2.19. The van der Waals surface area contributed by atoms with Crippen LogP contribution in [0.4, 0.5) is 0 Å². The summed E-state index contributed by atoms with van der Waals surface area (Å²) in [5.41, 5.74) is 3.06. The number of hydrogen-bond acceptors (Lipinski definition) is 2. The van der Waals surface area contributed by atoms with Crippen LogP contribution in [0.1, 0.15) is 36.0 Å². The first-order chi connectivity index (χ1) is 10.7. The number of terminal acetylenes is 1. The van der Waals surface area contributed by atoms with Crippen molar-refractivity contribution in [3.63, 3.8) is 0 Å². The number of rotatable bonds is 6. The Hall–Kier alpha value is -2.53. The number of benzene rings is 2. The molecule has 112 valence electrons. The standard InChI is InChI=1S/C20H20O2/c1-3-8-16-11-13-17(14-12-16)15-22-20(21)19(4-2)18-9-6-5-7-10-18/h1,5-7,9-14,19H,4,8,15H2,2H3. The second-order valence-corrected chi connectivity index (χ2v) is 5.18. The molecule has 0 saturated heterocycles. The molecule has 0 heterocycles. The van der Waals surface area contributed by atoms with E-state index in [1.807, 2.05) is 61.5 Å². The van der Waals surface area contributed by atoms with E-state index in [2.05, 4.69) is 5.92 Å². The van der Waals surface area contributed by atoms with Gasteiger partial charge in [-0.05, 0) is 23.1 Å². The van der Waals surface area contributed by atoms with Gasteiger partial charge >= 0.3 is 5.97 Å². The Morgan fingerprint density at radius 2 is 1.73 bits per heavy atom. The van der Waals surface area contributed by atoms with Gasteiger partial charge in [0.1, 0.15) is 6.61 Å². The number of ether oxygens (including phenoxy) is 1. The minimum absolute atomic E-state index is 0.179. The van der Waals surface area contributed by atoms with Gasteiger partial charge in [0.05, 0.1) is 5.92 Å². The summed E-state index contributed by atoms with van der Waals surface area (Å²) in [4.78, 5) is 12.3. The van der Waals surface area contributed by atoms with Gasteiger partial charge in [-0.1, -0.05) is 61.5 Å². The van der Waals surface area contributed by atoms with Gasteiger partial charge in [-0.2, -0.15) is 0 Å². The molecule has 2 aromatic carbocycles. The summed E-state index contributed by atoms with van der Waals surface area (Å²) < 4.78 is 5.46. The largest absolute Gasteiger partial charge is 0.460 e. The van der Waals surface area contributed by atoms with Crippen molar-refractivity contribution in [2.24, 2.45) is 0 Å². The van der Waals surface area contributed by atoms with Crippen molar-refractivity contribution < 1.29 is 9.53 Å². The van der Waals surface area contributed by atoms with Crippen molar-refractivity contribution in [3.8, 4) is 12.3 Å². The number of carbonyl (C=O) groups excluding carboxylic acids is 1. The van der Waals surface area contributed by atoms with Crippen LogP contribution in [-0.2, 0) is 22.6 Å². The second kappa shape index (κ2) is 8.05. The first kappa shape index (κ1) is 15.9. The zero-order valence-electron chi connectivity index (χ0n) is 12.8. The van der Waals surface area contributed by atoms with E-state index < -0.39 is 0 Å². The van der Waals surface area contributed by atoms with E-state index in [-0.39, 0.29) is 11.9 Å². The van der Waals surface area contributed by atoms with Gasteiger partial charge in [-0.3, -0.25) is 4.79 Å². The van der Waals surface area contributed by atoms with Crippen molar-refractivity contribution >= 4 is 5.97 Å². The van der Waals surface area contributed by atoms with Gasteiger partial charge in [-0.25, -0.2) is 0 Å². The van der Waals surface area contributed by atoms with Crippen LogP contribution in [0.15, 0.2) is 54.6 Å². The Bertz CT molecular complexity index is 636. The Labute approximate surface area is 132 Å². The van der Waals surface area contributed by atoms with Gasteiger partial charge in [0.25, 0.3) is 0 Å². The van der Waals surface area contributed by atoms with E-state index in [1.165, 1.54) is 0 Å². The molecule has 0 aliphatic carbocycles. The highest BCUT2D eigenvalue weighted by Crippen LogP contribution is 2.21. The predicted octanol–water partition coefficient (Wildman–Crippen LogP) is 4.10. The molecule has 0 aliphatic rings. The molecule has 1 unspecified atom stereocenters. The average molecular weight is 292 g/mol. The van der Waals surface area contributed by atoms with E-state index in [1.54, 1.807) is 0 Å². The van der Waals surface area contributed by atoms with Crippen molar-refractivity contribution in [1.29, 1.82) is 0 Å². The number of carbonyl (C=O) groups is 1. The predicted molar refractivity (Wildman–Crippen MR) is 88.2 cm³/mol. The fourth-order valence-electron chi connectivity index (χ4n) is 2.35. The summed E-state index contributed by atoms with van der Waals surface area (Å²) in [6.45, 7) is 2.28. The SMILES string of the molecule is C#CCc1ccc(COC(=O)C(CC)c2ccccc2)cc1. The van der Waals surface area contributed by atoms with Crippen LogP contribution < -0.4 is 0 Å². The summed E-state index contributed by atoms with van der Waals surface area (Å²) in [6.07, 6.45) is 6.62. The van der Waals surface area contributed by atoms with Gasteiger partial charge in [0.15, 0.2) is 0 Å². The van der Waals surface area contributed by atoms with Crippen LogP contribution in [0.25, 0.3) is 0 Å². The van der Waals surface area contributed by atoms with E-state index >= 15 is 0 Å². The van der Waals surface area contributed by atoms with Crippen molar-refractivity contribution in [3.05, 3.63) is 71.3 Å². The Morgan fingerprint density at radius 1 is 1.09 bits per heavy atom. The highest BCUT2D eigenvalue weighted by molar-refractivity contribution is 5.78. The fraction of sp³-hybridized carbons (Fsp3) is 0.250. The molecule has 0 amide bonds. The lowest BCUT2D eigenvalue weighted by molar-refractivity contribution is -0.146. The molecule has 1 atom stereocenters. The monoisotopic (exact) mass is 292 g/mol. The molecule has 2 nitrogen and oxygen atoms in total. The minimum atomic E-state index is -0.207. The lowest BCUT2D eigenvalue weighted by Gasteiger charge is -2.14. The molecule has 0 fully saturated rings. The van der Waals surface area contributed by atoms with Gasteiger partial charge in [0, 0.05) is 6.42 Å². The van der Waals surface area contributed by atoms with E-state index in [0.29, 0.717) is 13.0 Å².